The number of hydrogen-bond donors (Lipinski definition) is 3. The number of nitrogens with two attached hydrogens (primary N) is 2. The Kier molecular flexibility index (Phi) is 18.3. The fourth-order valence-electron chi connectivity index (χ4n) is 1.04. The van der Waals surface area contributed by atoms with E-state index in [0.29, 0.717) is 0 Å². The molecule has 13 heavy (non-hydrogen) atoms. The van der Waals surface area contributed by atoms with Crippen molar-refractivity contribution >= 4 is 0 Å². The monoisotopic (exact) mass is 179 g/mol. The van der Waals surface area contributed by atoms with Crippen LogP contribution in [0.5, 0.6) is 0 Å². The number of unbranched alkanes of at least 4 members (excludes halogenated alkanes) is 3. The Labute approximate surface area is 94.2 Å². The van der Waals surface area contributed by atoms with Gasteiger partial charge in [0.1, 0.15) is 0 Å². The fraction of sp³-hybridized carbons (Fsp3) is 0.889. The van der Waals surface area contributed by atoms with Gasteiger partial charge in [0.15, 0.2) is 0 Å². The molecule has 74 valence electrons. The van der Waals surface area contributed by atoms with Crippen LogP contribution in [0.2, 0.25) is 0 Å². The molecule has 5 N–H and O–H groups in total. The summed E-state index contributed by atoms with van der Waals surface area (Å²) < 4.78 is 0. The van der Waals surface area contributed by atoms with Crippen molar-refractivity contribution < 1.29 is 18.9 Å². The van der Waals surface area contributed by atoms with Crippen LogP contribution >= 0.6 is 0 Å². The van der Waals surface area contributed by atoms with Crippen molar-refractivity contribution in [1.82, 2.24) is 5.32 Å². The molecule has 0 aliphatic heterocycles. The Morgan fingerprint density at radius 1 is 1.00 bits per heavy atom. The topological polar surface area (TPSA) is 64.1 Å². The summed E-state index contributed by atoms with van der Waals surface area (Å²) in [6.45, 7) is 4.74. The van der Waals surface area contributed by atoms with Crippen LogP contribution in [0.4, 0.5) is 0 Å². The smallest absolute Gasteiger partial charge is 0.483 e. The Balaban J connectivity index is 0. The molecular weight excluding hydrogens is 157 g/mol. The molecule has 0 atom stereocenters. The quantitative estimate of drug-likeness (QED) is 0.210. The SMILES string of the molecule is N[CH-]CCCNCCCCCN.[Li+]. The summed E-state index contributed by atoms with van der Waals surface area (Å²) in [5.74, 6) is 0. The fourth-order valence-corrected chi connectivity index (χ4v) is 1.04. The van der Waals surface area contributed by atoms with Gasteiger partial charge in [-0.15, -0.1) is 0 Å². The van der Waals surface area contributed by atoms with Crippen molar-refractivity contribution in [1.29, 1.82) is 0 Å². The van der Waals surface area contributed by atoms with Crippen molar-refractivity contribution in [3.63, 3.8) is 0 Å². The average molecular weight is 179 g/mol. The summed E-state index contributed by atoms with van der Waals surface area (Å²) in [7, 11) is 0. The summed E-state index contributed by atoms with van der Waals surface area (Å²) in [5.41, 5.74) is 10.6. The molecule has 0 aliphatic rings. The standard InChI is InChI=1S/C9H22N3.Li/c10-6-2-1-4-8-12-9-5-3-7-11;/h7,12H,1-6,8-11H2;/q-1;+1. The summed E-state index contributed by atoms with van der Waals surface area (Å²) >= 11 is 0. The molecule has 0 aromatic carbocycles. The third-order valence-corrected chi connectivity index (χ3v) is 1.78. The van der Waals surface area contributed by atoms with Crippen LogP contribution in [0.3, 0.4) is 0 Å². The maximum atomic E-state index is 5.37. The van der Waals surface area contributed by atoms with Gasteiger partial charge in [0.05, 0.1) is 0 Å². The van der Waals surface area contributed by atoms with Crippen molar-refractivity contribution in [2.24, 2.45) is 11.5 Å². The summed E-state index contributed by atoms with van der Waals surface area (Å²) in [6.07, 6.45) is 5.79. The van der Waals surface area contributed by atoms with E-state index < -0.39 is 0 Å². The third-order valence-electron chi connectivity index (χ3n) is 1.78. The van der Waals surface area contributed by atoms with Crippen molar-refractivity contribution in [2.75, 3.05) is 19.6 Å². The molecule has 0 aromatic heterocycles. The first kappa shape index (κ1) is 15.9. The van der Waals surface area contributed by atoms with Gasteiger partial charge in [0, 0.05) is 0 Å². The van der Waals surface area contributed by atoms with Crippen LogP contribution < -0.4 is 35.6 Å². The summed E-state index contributed by atoms with van der Waals surface area (Å²) in [5, 5.41) is 3.36. The number of rotatable bonds is 9. The molecule has 0 aliphatic carbocycles. The minimum absolute atomic E-state index is 0. The molecule has 0 saturated heterocycles. The van der Waals surface area contributed by atoms with Crippen molar-refractivity contribution in [3.05, 3.63) is 6.54 Å². The van der Waals surface area contributed by atoms with E-state index in [1.165, 1.54) is 12.8 Å². The molecule has 0 aromatic rings. The van der Waals surface area contributed by atoms with E-state index in [9.17, 15) is 0 Å². The van der Waals surface area contributed by atoms with Gasteiger partial charge < -0.3 is 16.8 Å². The van der Waals surface area contributed by atoms with Gasteiger partial charge in [0.25, 0.3) is 0 Å². The summed E-state index contributed by atoms with van der Waals surface area (Å²) in [4.78, 5) is 0. The zero-order chi connectivity index (χ0) is 9.07. The molecule has 0 heterocycles. The van der Waals surface area contributed by atoms with Crippen LogP contribution in [0.25, 0.3) is 0 Å². The zero-order valence-corrected chi connectivity index (χ0v) is 8.89. The zero-order valence-electron chi connectivity index (χ0n) is 8.89. The molecule has 0 spiro atoms. The van der Waals surface area contributed by atoms with Gasteiger partial charge in [-0.05, 0) is 32.5 Å². The molecule has 0 amide bonds. The Hall–Kier alpha value is 0.477. The van der Waals surface area contributed by atoms with Crippen molar-refractivity contribution in [3.8, 4) is 0 Å². The van der Waals surface area contributed by atoms with Crippen LogP contribution in [0, 0.1) is 6.54 Å². The van der Waals surface area contributed by atoms with Gasteiger partial charge in [-0.2, -0.15) is 6.42 Å². The Morgan fingerprint density at radius 3 is 2.31 bits per heavy atom. The maximum absolute atomic E-state index is 5.37. The van der Waals surface area contributed by atoms with E-state index in [1.807, 2.05) is 0 Å². The maximum Gasteiger partial charge on any atom is 1.00 e. The molecular formula is C9H22LiN3. The second-order valence-electron chi connectivity index (χ2n) is 2.98. The van der Waals surface area contributed by atoms with Gasteiger partial charge in [-0.3, -0.25) is 6.54 Å². The van der Waals surface area contributed by atoms with E-state index in [4.69, 9.17) is 11.5 Å². The van der Waals surface area contributed by atoms with E-state index in [0.717, 1.165) is 38.9 Å². The molecule has 0 bridgehead atoms. The predicted molar refractivity (Wildman–Crippen MR) is 53.5 cm³/mol. The van der Waals surface area contributed by atoms with Crippen molar-refractivity contribution in [2.45, 2.75) is 32.1 Å². The predicted octanol–water partition coefficient (Wildman–Crippen LogP) is -2.39. The van der Waals surface area contributed by atoms with E-state index in [-0.39, 0.29) is 18.9 Å². The molecule has 0 fully saturated rings. The second kappa shape index (κ2) is 15.0. The average Bonchev–Trinajstić information content (AvgIpc) is 2.10. The van der Waals surface area contributed by atoms with Gasteiger partial charge in [0.2, 0.25) is 0 Å². The third kappa shape index (κ3) is 15.2. The second-order valence-corrected chi connectivity index (χ2v) is 2.98. The molecule has 3 nitrogen and oxygen atoms in total. The Morgan fingerprint density at radius 2 is 1.69 bits per heavy atom. The number of hydrogen-bond acceptors (Lipinski definition) is 3. The minimum Gasteiger partial charge on any atom is -0.483 e. The van der Waals surface area contributed by atoms with Gasteiger partial charge in [-0.25, -0.2) is 0 Å². The first-order valence-corrected chi connectivity index (χ1v) is 4.86. The molecule has 0 saturated carbocycles. The van der Waals surface area contributed by atoms with Gasteiger partial charge >= 0.3 is 18.9 Å². The normalized spacial score (nSPS) is 9.69. The largest absolute Gasteiger partial charge is 1.00 e. The van der Waals surface area contributed by atoms with Crippen LogP contribution in [0.1, 0.15) is 32.1 Å². The van der Waals surface area contributed by atoms with Crippen LogP contribution in [-0.4, -0.2) is 19.6 Å². The van der Waals surface area contributed by atoms with E-state index in [1.54, 1.807) is 6.54 Å². The van der Waals surface area contributed by atoms with Crippen LogP contribution in [0.15, 0.2) is 0 Å². The summed E-state index contributed by atoms with van der Waals surface area (Å²) in [6, 6.07) is 0. The number of nitrogens with one attached hydrogen (secondary N) is 1. The van der Waals surface area contributed by atoms with E-state index in [2.05, 4.69) is 5.32 Å². The minimum atomic E-state index is 0. The van der Waals surface area contributed by atoms with Crippen LogP contribution in [-0.2, 0) is 0 Å². The molecule has 4 heteroatoms. The Bertz CT molecular complexity index is 71.3. The van der Waals surface area contributed by atoms with Gasteiger partial charge in [-0.1, -0.05) is 12.8 Å². The first-order chi connectivity index (χ1) is 5.91. The molecule has 0 rings (SSSR count). The first-order valence-electron chi connectivity index (χ1n) is 4.86. The van der Waals surface area contributed by atoms with E-state index >= 15 is 0 Å². The molecule has 0 radical (unpaired) electrons. The molecule has 0 unspecified atom stereocenters.